The molecular formula is C17H13FN2. The summed E-state index contributed by atoms with van der Waals surface area (Å²) in [6.45, 7) is 0. The minimum atomic E-state index is -1.57. The van der Waals surface area contributed by atoms with E-state index in [2.05, 4.69) is 11.1 Å². The first kappa shape index (κ1) is 12.6. The SMILES string of the molecule is N#CCc1cccc2c(C3(F)C=CC=CC3)nccc12. The van der Waals surface area contributed by atoms with Crippen LogP contribution in [0.25, 0.3) is 10.8 Å². The van der Waals surface area contributed by atoms with Gasteiger partial charge in [0, 0.05) is 18.0 Å². The third kappa shape index (κ3) is 2.00. The molecule has 0 fully saturated rings. The molecule has 1 atom stereocenters. The molecule has 1 aromatic heterocycles. The van der Waals surface area contributed by atoms with Crippen LogP contribution in [0.15, 0.2) is 54.8 Å². The molecule has 98 valence electrons. The molecule has 0 spiro atoms. The Morgan fingerprint density at radius 2 is 2.15 bits per heavy atom. The molecule has 0 saturated carbocycles. The van der Waals surface area contributed by atoms with E-state index in [4.69, 9.17) is 5.26 Å². The van der Waals surface area contributed by atoms with E-state index in [9.17, 15) is 0 Å². The lowest BCUT2D eigenvalue weighted by Crippen LogP contribution is -2.19. The second kappa shape index (κ2) is 4.90. The predicted octanol–water partition coefficient (Wildman–Crippen LogP) is 3.98. The highest BCUT2D eigenvalue weighted by Crippen LogP contribution is 2.37. The fraction of sp³-hybridized carbons (Fsp3) is 0.176. The highest BCUT2D eigenvalue weighted by Gasteiger charge is 2.32. The van der Waals surface area contributed by atoms with Gasteiger partial charge in [-0.1, -0.05) is 36.4 Å². The average molecular weight is 264 g/mol. The van der Waals surface area contributed by atoms with Crippen LogP contribution < -0.4 is 0 Å². The Morgan fingerprint density at radius 1 is 1.25 bits per heavy atom. The number of hydrogen-bond donors (Lipinski definition) is 0. The largest absolute Gasteiger partial charge is 0.257 e. The van der Waals surface area contributed by atoms with Crippen molar-refractivity contribution in [3.8, 4) is 6.07 Å². The van der Waals surface area contributed by atoms with Gasteiger partial charge in [0.2, 0.25) is 0 Å². The number of rotatable bonds is 2. The smallest absolute Gasteiger partial charge is 0.175 e. The van der Waals surface area contributed by atoms with Crippen molar-refractivity contribution in [2.45, 2.75) is 18.5 Å². The van der Waals surface area contributed by atoms with Crippen molar-refractivity contribution in [2.75, 3.05) is 0 Å². The number of nitrogens with zero attached hydrogens (tertiary/aromatic N) is 2. The molecule has 3 rings (SSSR count). The van der Waals surface area contributed by atoms with Crippen LogP contribution in [0.3, 0.4) is 0 Å². The summed E-state index contributed by atoms with van der Waals surface area (Å²) < 4.78 is 15.1. The van der Waals surface area contributed by atoms with Gasteiger partial charge in [-0.15, -0.1) is 0 Å². The van der Waals surface area contributed by atoms with Gasteiger partial charge in [-0.3, -0.25) is 4.98 Å². The highest BCUT2D eigenvalue weighted by molar-refractivity contribution is 5.88. The second-order valence-electron chi connectivity index (χ2n) is 4.86. The Balaban J connectivity index is 2.23. The molecule has 0 saturated heterocycles. The number of nitriles is 1. The normalized spacial score (nSPS) is 21.0. The van der Waals surface area contributed by atoms with Crippen molar-refractivity contribution in [3.63, 3.8) is 0 Å². The topological polar surface area (TPSA) is 36.7 Å². The van der Waals surface area contributed by atoms with Crippen molar-refractivity contribution in [2.24, 2.45) is 0 Å². The average Bonchev–Trinajstić information content (AvgIpc) is 2.48. The number of fused-ring (bicyclic) bond motifs is 1. The molecule has 1 unspecified atom stereocenters. The van der Waals surface area contributed by atoms with Gasteiger partial charge >= 0.3 is 0 Å². The van der Waals surface area contributed by atoms with Gasteiger partial charge in [0.15, 0.2) is 5.67 Å². The molecule has 2 aromatic rings. The van der Waals surface area contributed by atoms with E-state index < -0.39 is 5.67 Å². The van der Waals surface area contributed by atoms with Crippen LogP contribution in [0.4, 0.5) is 4.39 Å². The molecule has 1 aliphatic carbocycles. The number of alkyl halides is 1. The molecule has 3 heteroatoms. The van der Waals surface area contributed by atoms with Crippen LogP contribution in [0.5, 0.6) is 0 Å². The van der Waals surface area contributed by atoms with Gasteiger partial charge in [0.1, 0.15) is 0 Å². The minimum absolute atomic E-state index is 0.290. The standard InChI is InChI=1S/C17H13FN2/c18-17(9-2-1-3-10-17)16-15-6-4-5-13(7-11-19)14(15)8-12-20-16/h1-6,8-9,12H,7,10H2. The van der Waals surface area contributed by atoms with Gasteiger partial charge < -0.3 is 0 Å². The zero-order chi connectivity index (χ0) is 14.0. The van der Waals surface area contributed by atoms with Gasteiger partial charge in [-0.25, -0.2) is 4.39 Å². The van der Waals surface area contributed by atoms with E-state index in [-0.39, 0.29) is 6.42 Å². The number of hydrogen-bond acceptors (Lipinski definition) is 2. The van der Waals surface area contributed by atoms with Crippen LogP contribution in [0.1, 0.15) is 17.7 Å². The summed E-state index contributed by atoms with van der Waals surface area (Å²) in [7, 11) is 0. The maximum Gasteiger partial charge on any atom is 0.175 e. The Bertz CT molecular complexity index is 755. The third-order valence-electron chi connectivity index (χ3n) is 3.58. The molecule has 0 radical (unpaired) electrons. The first-order valence-corrected chi connectivity index (χ1v) is 6.52. The lowest BCUT2D eigenvalue weighted by atomic mass is 9.89. The zero-order valence-corrected chi connectivity index (χ0v) is 10.9. The summed E-state index contributed by atoms with van der Waals surface area (Å²) in [5.41, 5.74) is -0.234. The summed E-state index contributed by atoms with van der Waals surface area (Å²) in [5.74, 6) is 0. The van der Waals surface area contributed by atoms with E-state index >= 15 is 4.39 Å². The number of halogens is 1. The van der Waals surface area contributed by atoms with Crippen LogP contribution in [-0.4, -0.2) is 4.98 Å². The van der Waals surface area contributed by atoms with Gasteiger partial charge in [0.05, 0.1) is 18.2 Å². The second-order valence-corrected chi connectivity index (χ2v) is 4.86. The summed E-state index contributed by atoms with van der Waals surface area (Å²) >= 11 is 0. The van der Waals surface area contributed by atoms with E-state index in [0.717, 1.165) is 16.3 Å². The Hall–Kier alpha value is -2.47. The third-order valence-corrected chi connectivity index (χ3v) is 3.58. The molecule has 1 heterocycles. The first-order valence-electron chi connectivity index (χ1n) is 6.52. The molecule has 0 aliphatic heterocycles. The number of pyridine rings is 1. The van der Waals surface area contributed by atoms with Crippen LogP contribution in [-0.2, 0) is 12.1 Å². The van der Waals surface area contributed by atoms with E-state index in [1.54, 1.807) is 24.4 Å². The first-order chi connectivity index (χ1) is 9.74. The quantitative estimate of drug-likeness (QED) is 0.822. The lowest BCUT2D eigenvalue weighted by molar-refractivity contribution is 0.231. The molecular weight excluding hydrogens is 251 g/mol. The fourth-order valence-electron chi connectivity index (χ4n) is 2.61. The number of aromatic nitrogens is 1. The van der Waals surface area contributed by atoms with Crippen molar-refractivity contribution in [1.29, 1.82) is 5.26 Å². The van der Waals surface area contributed by atoms with Crippen molar-refractivity contribution < 1.29 is 4.39 Å². The maximum absolute atomic E-state index is 15.1. The van der Waals surface area contributed by atoms with Crippen molar-refractivity contribution in [3.05, 3.63) is 66.0 Å². The zero-order valence-electron chi connectivity index (χ0n) is 10.9. The van der Waals surface area contributed by atoms with E-state index in [1.807, 2.05) is 30.3 Å². The van der Waals surface area contributed by atoms with Crippen LogP contribution >= 0.6 is 0 Å². The predicted molar refractivity (Wildman–Crippen MR) is 76.7 cm³/mol. The molecule has 0 bridgehead atoms. The van der Waals surface area contributed by atoms with Gasteiger partial charge in [0.25, 0.3) is 0 Å². The molecule has 0 amide bonds. The van der Waals surface area contributed by atoms with Crippen LogP contribution in [0.2, 0.25) is 0 Å². The lowest BCUT2D eigenvalue weighted by Gasteiger charge is -2.23. The summed E-state index contributed by atoms with van der Waals surface area (Å²) in [5, 5.41) is 10.6. The van der Waals surface area contributed by atoms with Crippen LogP contribution in [0, 0.1) is 11.3 Å². The van der Waals surface area contributed by atoms with E-state index in [0.29, 0.717) is 12.1 Å². The Kier molecular flexibility index (Phi) is 3.08. The summed E-state index contributed by atoms with van der Waals surface area (Å²) in [6, 6.07) is 9.61. The maximum atomic E-state index is 15.1. The number of benzene rings is 1. The summed E-state index contributed by atoms with van der Waals surface area (Å²) in [4.78, 5) is 4.26. The molecule has 20 heavy (non-hydrogen) atoms. The Labute approximate surface area is 116 Å². The molecule has 1 aliphatic rings. The minimum Gasteiger partial charge on any atom is -0.257 e. The summed E-state index contributed by atoms with van der Waals surface area (Å²) in [6.07, 6.45) is 9.12. The van der Waals surface area contributed by atoms with Gasteiger partial charge in [-0.2, -0.15) is 5.26 Å². The monoisotopic (exact) mass is 264 g/mol. The Morgan fingerprint density at radius 3 is 2.90 bits per heavy atom. The molecule has 2 nitrogen and oxygen atoms in total. The number of allylic oxidation sites excluding steroid dienone is 4. The van der Waals surface area contributed by atoms with E-state index in [1.165, 1.54) is 0 Å². The van der Waals surface area contributed by atoms with Crippen molar-refractivity contribution >= 4 is 10.8 Å². The van der Waals surface area contributed by atoms with Crippen molar-refractivity contribution in [1.82, 2.24) is 4.98 Å². The highest BCUT2D eigenvalue weighted by atomic mass is 19.1. The molecule has 1 aromatic carbocycles. The molecule has 0 N–H and O–H groups in total. The fourth-order valence-corrected chi connectivity index (χ4v) is 2.61. The van der Waals surface area contributed by atoms with Gasteiger partial charge in [-0.05, 0) is 23.1 Å².